The van der Waals surface area contributed by atoms with Crippen LogP contribution in [0.4, 0.5) is 0 Å². The quantitative estimate of drug-likeness (QED) is 0.768. The summed E-state index contributed by atoms with van der Waals surface area (Å²) in [6.45, 7) is 4.19. The molecular weight excluding hydrogens is 218 g/mol. The van der Waals surface area contributed by atoms with Crippen LogP contribution in [-0.4, -0.2) is 17.6 Å². The van der Waals surface area contributed by atoms with Gasteiger partial charge in [-0.3, -0.25) is 9.59 Å². The summed E-state index contributed by atoms with van der Waals surface area (Å²) in [4.78, 5) is 25.7. The van der Waals surface area contributed by atoms with E-state index in [0.29, 0.717) is 12.2 Å². The molecule has 0 bridgehead atoms. The number of ether oxygens (including phenoxy) is 1. The number of rotatable bonds is 6. The number of nitrogens with one attached hydrogen (secondary N) is 1. The fourth-order valence-electron chi connectivity index (χ4n) is 1.56. The number of aromatic nitrogens is 1. The van der Waals surface area contributed by atoms with Crippen molar-refractivity contribution >= 4 is 5.97 Å². The van der Waals surface area contributed by atoms with Gasteiger partial charge in [-0.25, -0.2) is 0 Å². The average Bonchev–Trinajstić information content (AvgIpc) is 2.30. The van der Waals surface area contributed by atoms with E-state index in [2.05, 4.69) is 11.9 Å². The summed E-state index contributed by atoms with van der Waals surface area (Å²) in [6.07, 6.45) is 3.04. The van der Waals surface area contributed by atoms with Crippen LogP contribution in [0.3, 0.4) is 0 Å². The van der Waals surface area contributed by atoms with E-state index in [1.165, 1.54) is 0 Å². The van der Waals surface area contributed by atoms with Crippen molar-refractivity contribution in [2.75, 3.05) is 6.61 Å². The van der Waals surface area contributed by atoms with E-state index in [-0.39, 0.29) is 17.9 Å². The zero-order valence-corrected chi connectivity index (χ0v) is 10.4. The Morgan fingerprint density at radius 1 is 1.35 bits per heavy atom. The lowest BCUT2D eigenvalue weighted by atomic mass is 10.1. The monoisotopic (exact) mass is 237 g/mol. The second kappa shape index (κ2) is 6.89. The van der Waals surface area contributed by atoms with Gasteiger partial charge in [0.15, 0.2) is 0 Å². The molecule has 0 aliphatic heterocycles. The van der Waals surface area contributed by atoms with Gasteiger partial charge in [-0.15, -0.1) is 0 Å². The van der Waals surface area contributed by atoms with E-state index in [1.807, 2.05) is 6.07 Å². The molecule has 1 N–H and O–H groups in total. The number of aryl methyl sites for hydroxylation is 1. The molecule has 0 aliphatic rings. The van der Waals surface area contributed by atoms with Gasteiger partial charge >= 0.3 is 5.97 Å². The molecule has 0 aliphatic carbocycles. The molecule has 4 nitrogen and oxygen atoms in total. The first-order chi connectivity index (χ1) is 8.17. The first-order valence-corrected chi connectivity index (χ1v) is 6.04. The zero-order chi connectivity index (χ0) is 12.7. The Kier molecular flexibility index (Phi) is 5.46. The number of unbranched alkanes of at least 4 members (excludes halogenated alkanes) is 1. The number of carbonyl (C=O) groups is 1. The molecule has 1 rings (SSSR count). The van der Waals surface area contributed by atoms with Crippen molar-refractivity contribution in [3.05, 3.63) is 33.7 Å². The van der Waals surface area contributed by atoms with E-state index < -0.39 is 0 Å². The lowest BCUT2D eigenvalue weighted by Crippen LogP contribution is -2.19. The molecule has 0 atom stereocenters. The Morgan fingerprint density at radius 3 is 2.71 bits per heavy atom. The lowest BCUT2D eigenvalue weighted by Gasteiger charge is -2.03. The number of hydrogen-bond acceptors (Lipinski definition) is 3. The summed E-state index contributed by atoms with van der Waals surface area (Å²) in [5.41, 5.74) is 1.19. The Labute approximate surface area is 101 Å². The first-order valence-electron chi connectivity index (χ1n) is 6.04. The molecule has 17 heavy (non-hydrogen) atoms. The normalized spacial score (nSPS) is 10.2. The molecule has 1 heterocycles. The predicted molar refractivity (Wildman–Crippen MR) is 66.0 cm³/mol. The highest BCUT2D eigenvalue weighted by Gasteiger charge is 2.08. The van der Waals surface area contributed by atoms with E-state index in [1.54, 1.807) is 13.0 Å². The maximum Gasteiger partial charge on any atom is 0.310 e. The second-order valence-electron chi connectivity index (χ2n) is 3.92. The SMILES string of the molecule is CCCCc1ccc(CC(=O)OCC)c(=O)[nH]1. The highest BCUT2D eigenvalue weighted by atomic mass is 16.5. The first kappa shape index (κ1) is 13.5. The number of aromatic amines is 1. The summed E-state index contributed by atoms with van der Waals surface area (Å²) < 4.78 is 4.80. The van der Waals surface area contributed by atoms with Crippen molar-refractivity contribution < 1.29 is 9.53 Å². The van der Waals surface area contributed by atoms with E-state index in [4.69, 9.17) is 4.74 Å². The molecule has 0 unspecified atom stereocenters. The molecule has 0 saturated carbocycles. The van der Waals surface area contributed by atoms with Gasteiger partial charge < -0.3 is 9.72 Å². The van der Waals surface area contributed by atoms with Crippen LogP contribution < -0.4 is 5.56 Å². The van der Waals surface area contributed by atoms with E-state index >= 15 is 0 Å². The highest BCUT2D eigenvalue weighted by molar-refractivity contribution is 5.72. The van der Waals surface area contributed by atoms with Crippen LogP contribution in [0.5, 0.6) is 0 Å². The highest BCUT2D eigenvalue weighted by Crippen LogP contribution is 2.02. The van der Waals surface area contributed by atoms with Gasteiger partial charge in [-0.2, -0.15) is 0 Å². The molecule has 0 fully saturated rings. The molecule has 0 saturated heterocycles. The van der Waals surface area contributed by atoms with Crippen molar-refractivity contribution in [3.8, 4) is 0 Å². The Bertz CT molecular complexity index is 423. The molecule has 1 aromatic heterocycles. The van der Waals surface area contributed by atoms with Crippen molar-refractivity contribution in [2.45, 2.75) is 39.5 Å². The molecule has 0 amide bonds. The van der Waals surface area contributed by atoms with Gasteiger partial charge in [-0.1, -0.05) is 19.4 Å². The minimum Gasteiger partial charge on any atom is -0.466 e. The van der Waals surface area contributed by atoms with Crippen LogP contribution in [0.1, 0.15) is 37.9 Å². The molecule has 1 aromatic rings. The summed E-state index contributed by atoms with van der Waals surface area (Å²) >= 11 is 0. The average molecular weight is 237 g/mol. The number of pyridine rings is 1. The van der Waals surface area contributed by atoms with Crippen LogP contribution in [0.15, 0.2) is 16.9 Å². The largest absolute Gasteiger partial charge is 0.466 e. The second-order valence-corrected chi connectivity index (χ2v) is 3.92. The van der Waals surface area contributed by atoms with Crippen molar-refractivity contribution in [1.29, 1.82) is 0 Å². The number of esters is 1. The van der Waals surface area contributed by atoms with E-state index in [0.717, 1.165) is 25.0 Å². The predicted octanol–water partition coefficient (Wildman–Crippen LogP) is 1.82. The third-order valence-electron chi connectivity index (χ3n) is 2.49. The van der Waals surface area contributed by atoms with E-state index in [9.17, 15) is 9.59 Å². The van der Waals surface area contributed by atoms with Crippen LogP contribution in [-0.2, 0) is 22.4 Å². The molecule has 4 heteroatoms. The minimum atomic E-state index is -0.362. The fourth-order valence-corrected chi connectivity index (χ4v) is 1.56. The Balaban J connectivity index is 2.69. The maximum atomic E-state index is 11.7. The fraction of sp³-hybridized carbons (Fsp3) is 0.538. The number of H-pyrrole nitrogens is 1. The smallest absolute Gasteiger partial charge is 0.310 e. The molecule has 0 spiro atoms. The summed E-state index contributed by atoms with van der Waals surface area (Å²) in [5.74, 6) is -0.362. The van der Waals surface area contributed by atoms with Crippen molar-refractivity contribution in [1.82, 2.24) is 4.98 Å². The van der Waals surface area contributed by atoms with Gasteiger partial charge in [0.2, 0.25) is 0 Å². The van der Waals surface area contributed by atoms with Crippen LogP contribution in [0, 0.1) is 0 Å². The molecule has 0 radical (unpaired) electrons. The third-order valence-corrected chi connectivity index (χ3v) is 2.49. The van der Waals surface area contributed by atoms with Gasteiger partial charge in [0.1, 0.15) is 0 Å². The van der Waals surface area contributed by atoms with Gasteiger partial charge in [0.05, 0.1) is 13.0 Å². The Morgan fingerprint density at radius 2 is 2.12 bits per heavy atom. The molecule has 94 valence electrons. The van der Waals surface area contributed by atoms with Crippen LogP contribution in [0.2, 0.25) is 0 Å². The third kappa shape index (κ3) is 4.43. The zero-order valence-electron chi connectivity index (χ0n) is 10.4. The number of hydrogen-bond donors (Lipinski definition) is 1. The van der Waals surface area contributed by atoms with Gasteiger partial charge in [0, 0.05) is 11.3 Å². The van der Waals surface area contributed by atoms with Gasteiger partial charge in [0.25, 0.3) is 5.56 Å². The van der Waals surface area contributed by atoms with Gasteiger partial charge in [-0.05, 0) is 25.8 Å². The molecule has 0 aromatic carbocycles. The van der Waals surface area contributed by atoms with Crippen LogP contribution >= 0.6 is 0 Å². The summed E-state index contributed by atoms with van der Waals surface area (Å²) in [6, 6.07) is 3.58. The topological polar surface area (TPSA) is 59.2 Å². The summed E-state index contributed by atoms with van der Waals surface area (Å²) in [7, 11) is 0. The van der Waals surface area contributed by atoms with Crippen molar-refractivity contribution in [2.24, 2.45) is 0 Å². The maximum absolute atomic E-state index is 11.7. The molecular formula is C13H19NO3. The standard InChI is InChI=1S/C13H19NO3/c1-3-5-6-11-8-7-10(13(16)14-11)9-12(15)17-4-2/h7-8H,3-6,9H2,1-2H3,(H,14,16). The summed E-state index contributed by atoms with van der Waals surface area (Å²) in [5, 5.41) is 0. The Hall–Kier alpha value is -1.58. The van der Waals surface area contributed by atoms with Crippen molar-refractivity contribution in [3.63, 3.8) is 0 Å². The lowest BCUT2D eigenvalue weighted by molar-refractivity contribution is -0.142. The van der Waals surface area contributed by atoms with Crippen LogP contribution in [0.25, 0.3) is 0 Å². The minimum absolute atomic E-state index is 0.0389. The number of carbonyl (C=O) groups excluding carboxylic acids is 1.